The molecule has 1 unspecified atom stereocenters. The molecule has 1 saturated heterocycles. The molecule has 1 atom stereocenters. The molecule has 1 nitrogen and oxygen atoms in total. The van der Waals surface area contributed by atoms with Crippen LogP contribution in [0.5, 0.6) is 0 Å². The van der Waals surface area contributed by atoms with E-state index >= 15 is 0 Å². The van der Waals surface area contributed by atoms with Crippen molar-refractivity contribution in [1.29, 1.82) is 0 Å². The van der Waals surface area contributed by atoms with Crippen LogP contribution in [0.2, 0.25) is 5.02 Å². The number of halogens is 1. The lowest BCUT2D eigenvalue weighted by atomic mass is 9.85. The van der Waals surface area contributed by atoms with Gasteiger partial charge in [0.1, 0.15) is 0 Å². The maximum atomic E-state index is 6.03. The first-order valence-electron chi connectivity index (χ1n) is 6.24. The van der Waals surface area contributed by atoms with E-state index in [1.54, 1.807) is 0 Å². The maximum Gasteiger partial charge on any atom is 0.0408 e. The molecule has 0 amide bonds. The van der Waals surface area contributed by atoms with E-state index in [-0.39, 0.29) is 0 Å². The van der Waals surface area contributed by atoms with Crippen LogP contribution in [0.25, 0.3) is 0 Å². The predicted molar refractivity (Wildman–Crippen MR) is 70.0 cm³/mol. The lowest BCUT2D eigenvalue weighted by Crippen LogP contribution is -2.41. The highest BCUT2D eigenvalue weighted by molar-refractivity contribution is 6.30. The van der Waals surface area contributed by atoms with Gasteiger partial charge in [0.15, 0.2) is 0 Å². The second kappa shape index (κ2) is 5.20. The molecule has 88 valence electrons. The van der Waals surface area contributed by atoms with Gasteiger partial charge in [-0.15, -0.1) is 0 Å². The van der Waals surface area contributed by atoms with E-state index < -0.39 is 0 Å². The molecule has 0 spiro atoms. The van der Waals surface area contributed by atoms with Gasteiger partial charge in [0.25, 0.3) is 0 Å². The zero-order chi connectivity index (χ0) is 11.4. The Labute approximate surface area is 103 Å². The molecule has 1 aromatic rings. The summed E-state index contributed by atoms with van der Waals surface area (Å²) in [6.07, 6.45) is 6.22. The van der Waals surface area contributed by atoms with Crippen molar-refractivity contribution in [3.05, 3.63) is 34.9 Å². The average Bonchev–Trinajstić information content (AvgIpc) is 2.67. The third-order valence-electron chi connectivity index (χ3n) is 3.49. The fourth-order valence-corrected chi connectivity index (χ4v) is 3.05. The first kappa shape index (κ1) is 11.9. The molecule has 2 heteroatoms. The van der Waals surface area contributed by atoms with Gasteiger partial charge in [0, 0.05) is 10.6 Å². The molecule has 0 bridgehead atoms. The largest absolute Gasteiger partial charge is 0.311 e. The van der Waals surface area contributed by atoms with Crippen LogP contribution in [0.4, 0.5) is 0 Å². The summed E-state index contributed by atoms with van der Waals surface area (Å²) in [4.78, 5) is 0. The van der Waals surface area contributed by atoms with Gasteiger partial charge in [-0.05, 0) is 49.9 Å². The zero-order valence-corrected chi connectivity index (χ0v) is 10.7. The van der Waals surface area contributed by atoms with E-state index in [0.29, 0.717) is 5.54 Å². The van der Waals surface area contributed by atoms with Crippen molar-refractivity contribution in [2.75, 3.05) is 6.54 Å². The Morgan fingerprint density at radius 3 is 2.94 bits per heavy atom. The summed E-state index contributed by atoms with van der Waals surface area (Å²) in [7, 11) is 0. The second-order valence-corrected chi connectivity index (χ2v) is 5.30. The SMILES string of the molecule is CCCC1(Cc2cccc(Cl)c2)CCCN1. The summed E-state index contributed by atoms with van der Waals surface area (Å²) in [5.74, 6) is 0. The molecule has 16 heavy (non-hydrogen) atoms. The first-order chi connectivity index (χ1) is 7.74. The Morgan fingerprint density at radius 2 is 2.31 bits per heavy atom. The number of hydrogen-bond donors (Lipinski definition) is 1. The highest BCUT2D eigenvalue weighted by atomic mass is 35.5. The van der Waals surface area contributed by atoms with Gasteiger partial charge in [-0.2, -0.15) is 0 Å². The van der Waals surface area contributed by atoms with Crippen LogP contribution in [-0.2, 0) is 6.42 Å². The molecule has 0 radical (unpaired) electrons. The normalized spacial score (nSPS) is 24.9. The first-order valence-corrected chi connectivity index (χ1v) is 6.61. The molecular formula is C14H20ClN. The fourth-order valence-electron chi connectivity index (χ4n) is 2.84. The van der Waals surface area contributed by atoms with E-state index in [4.69, 9.17) is 11.6 Å². The summed E-state index contributed by atoms with van der Waals surface area (Å²) in [6.45, 7) is 3.43. The Balaban J connectivity index is 2.11. The minimum atomic E-state index is 0.333. The van der Waals surface area contributed by atoms with Crippen molar-refractivity contribution in [2.24, 2.45) is 0 Å². The molecule has 0 aromatic heterocycles. The summed E-state index contributed by atoms with van der Waals surface area (Å²) in [6, 6.07) is 8.27. The molecule has 0 aliphatic carbocycles. The molecule has 1 fully saturated rings. The van der Waals surface area contributed by atoms with Crippen LogP contribution in [-0.4, -0.2) is 12.1 Å². The van der Waals surface area contributed by atoms with E-state index in [1.807, 2.05) is 12.1 Å². The highest BCUT2D eigenvalue weighted by Crippen LogP contribution is 2.29. The Kier molecular flexibility index (Phi) is 3.88. The highest BCUT2D eigenvalue weighted by Gasteiger charge is 2.32. The predicted octanol–water partition coefficient (Wildman–Crippen LogP) is 3.80. The van der Waals surface area contributed by atoms with Crippen molar-refractivity contribution in [3.8, 4) is 0 Å². The molecule has 2 rings (SSSR count). The quantitative estimate of drug-likeness (QED) is 0.840. The van der Waals surface area contributed by atoms with Crippen LogP contribution in [0.1, 0.15) is 38.2 Å². The van der Waals surface area contributed by atoms with Crippen molar-refractivity contribution >= 4 is 11.6 Å². The van der Waals surface area contributed by atoms with E-state index in [9.17, 15) is 0 Å². The summed E-state index contributed by atoms with van der Waals surface area (Å²) < 4.78 is 0. The average molecular weight is 238 g/mol. The Hall–Kier alpha value is -0.530. The summed E-state index contributed by atoms with van der Waals surface area (Å²) in [5.41, 5.74) is 1.69. The van der Waals surface area contributed by atoms with Gasteiger partial charge in [0.05, 0.1) is 0 Å². The molecule has 1 aliphatic heterocycles. The third-order valence-corrected chi connectivity index (χ3v) is 3.73. The number of rotatable bonds is 4. The minimum absolute atomic E-state index is 0.333. The molecule has 1 aromatic carbocycles. The molecule has 1 heterocycles. The van der Waals surface area contributed by atoms with Crippen molar-refractivity contribution in [2.45, 2.75) is 44.6 Å². The maximum absolute atomic E-state index is 6.03. The van der Waals surface area contributed by atoms with Gasteiger partial charge in [-0.3, -0.25) is 0 Å². The zero-order valence-electron chi connectivity index (χ0n) is 9.93. The van der Waals surface area contributed by atoms with Gasteiger partial charge in [0.2, 0.25) is 0 Å². The topological polar surface area (TPSA) is 12.0 Å². The van der Waals surface area contributed by atoms with Crippen LogP contribution < -0.4 is 5.32 Å². The van der Waals surface area contributed by atoms with Gasteiger partial charge in [-0.1, -0.05) is 37.1 Å². The van der Waals surface area contributed by atoms with Gasteiger partial charge >= 0.3 is 0 Å². The number of benzene rings is 1. The van der Waals surface area contributed by atoms with Crippen LogP contribution in [0.3, 0.4) is 0 Å². The lowest BCUT2D eigenvalue weighted by molar-refractivity contribution is 0.342. The van der Waals surface area contributed by atoms with Crippen LogP contribution in [0, 0.1) is 0 Å². The lowest BCUT2D eigenvalue weighted by Gasteiger charge is -2.29. The second-order valence-electron chi connectivity index (χ2n) is 4.87. The smallest absolute Gasteiger partial charge is 0.0408 e. The van der Waals surface area contributed by atoms with Crippen molar-refractivity contribution in [3.63, 3.8) is 0 Å². The number of hydrogen-bond acceptors (Lipinski definition) is 1. The van der Waals surface area contributed by atoms with E-state index in [2.05, 4.69) is 24.4 Å². The van der Waals surface area contributed by atoms with Gasteiger partial charge < -0.3 is 5.32 Å². The standard InChI is InChI=1S/C14H20ClN/c1-2-7-14(8-4-9-16-14)11-12-5-3-6-13(15)10-12/h3,5-6,10,16H,2,4,7-9,11H2,1H3. The summed E-state index contributed by atoms with van der Waals surface area (Å²) >= 11 is 6.03. The fraction of sp³-hybridized carbons (Fsp3) is 0.571. The molecule has 1 aliphatic rings. The molecular weight excluding hydrogens is 218 g/mol. The monoisotopic (exact) mass is 237 g/mol. The van der Waals surface area contributed by atoms with E-state index in [1.165, 1.54) is 37.8 Å². The molecule has 1 N–H and O–H groups in total. The number of nitrogens with one attached hydrogen (secondary N) is 1. The Morgan fingerprint density at radius 1 is 1.44 bits per heavy atom. The van der Waals surface area contributed by atoms with Gasteiger partial charge in [-0.25, -0.2) is 0 Å². The van der Waals surface area contributed by atoms with Crippen molar-refractivity contribution < 1.29 is 0 Å². The van der Waals surface area contributed by atoms with Crippen LogP contribution >= 0.6 is 11.6 Å². The van der Waals surface area contributed by atoms with E-state index in [0.717, 1.165) is 11.4 Å². The third kappa shape index (κ3) is 2.78. The molecule has 0 saturated carbocycles. The Bertz CT molecular complexity index is 342. The summed E-state index contributed by atoms with van der Waals surface area (Å²) in [5, 5.41) is 4.55. The van der Waals surface area contributed by atoms with Crippen LogP contribution in [0.15, 0.2) is 24.3 Å². The minimum Gasteiger partial charge on any atom is -0.311 e. The van der Waals surface area contributed by atoms with Crippen molar-refractivity contribution in [1.82, 2.24) is 5.32 Å².